The zero-order chi connectivity index (χ0) is 20.1. The van der Waals surface area contributed by atoms with Crippen LogP contribution in [-0.4, -0.2) is 35.3 Å². The zero-order valence-corrected chi connectivity index (χ0v) is 17.2. The Morgan fingerprint density at radius 1 is 1.14 bits per heavy atom. The van der Waals surface area contributed by atoms with Crippen molar-refractivity contribution < 1.29 is 9.59 Å². The average molecular weight is 414 g/mol. The van der Waals surface area contributed by atoms with E-state index in [1.807, 2.05) is 12.1 Å². The van der Waals surface area contributed by atoms with Gasteiger partial charge in [-0.1, -0.05) is 54.9 Å². The van der Waals surface area contributed by atoms with Crippen LogP contribution < -0.4 is 5.32 Å². The molecular weight excluding hydrogens is 394 g/mol. The van der Waals surface area contributed by atoms with Crippen LogP contribution in [0.4, 0.5) is 5.69 Å². The average Bonchev–Trinajstić information content (AvgIpc) is 3.19. The first-order valence-electron chi connectivity index (χ1n) is 8.82. The Kier molecular flexibility index (Phi) is 6.44. The molecule has 0 aliphatic carbocycles. The molecule has 0 bridgehead atoms. The highest BCUT2D eigenvalue weighted by molar-refractivity contribution is 7.13. The summed E-state index contributed by atoms with van der Waals surface area (Å²) in [5.41, 5.74) is 3.07. The summed E-state index contributed by atoms with van der Waals surface area (Å²) < 4.78 is 0. The third-order valence-corrected chi connectivity index (χ3v) is 5.43. The number of thiazole rings is 1. The molecule has 0 unspecified atom stereocenters. The molecule has 0 radical (unpaired) electrons. The number of aryl methyl sites for hydroxylation is 1. The molecule has 0 aliphatic rings. The number of benzene rings is 2. The molecule has 144 valence electrons. The molecule has 28 heavy (non-hydrogen) atoms. The maximum absolute atomic E-state index is 12.6. The minimum absolute atomic E-state index is 0.0951. The van der Waals surface area contributed by atoms with Gasteiger partial charge in [-0.15, -0.1) is 11.3 Å². The Hall–Kier alpha value is -2.70. The van der Waals surface area contributed by atoms with Gasteiger partial charge < -0.3 is 10.2 Å². The third kappa shape index (κ3) is 4.77. The van der Waals surface area contributed by atoms with E-state index < -0.39 is 0 Å². The van der Waals surface area contributed by atoms with Crippen molar-refractivity contribution in [1.29, 1.82) is 0 Å². The molecule has 0 spiro atoms. The number of carbonyl (C=O) groups excluding carboxylic acids is 2. The van der Waals surface area contributed by atoms with Crippen molar-refractivity contribution in [3.05, 3.63) is 70.2 Å². The Labute approximate surface area is 173 Å². The van der Waals surface area contributed by atoms with Gasteiger partial charge in [-0.05, 0) is 24.1 Å². The molecule has 0 saturated heterocycles. The summed E-state index contributed by atoms with van der Waals surface area (Å²) >= 11 is 7.45. The SMILES string of the molecule is CCc1ccc(-c2nc(C(=O)N(C)CC(=O)Nc3ccccc3Cl)cs2)cc1. The molecule has 5 nitrogen and oxygen atoms in total. The number of aromatic nitrogens is 1. The number of likely N-dealkylation sites (N-methyl/N-ethyl adjacent to an activating group) is 1. The molecule has 1 heterocycles. The van der Waals surface area contributed by atoms with Gasteiger partial charge in [-0.3, -0.25) is 9.59 Å². The fourth-order valence-corrected chi connectivity index (χ4v) is 3.61. The summed E-state index contributed by atoms with van der Waals surface area (Å²) in [5, 5.41) is 5.65. The molecule has 1 N–H and O–H groups in total. The summed E-state index contributed by atoms with van der Waals surface area (Å²) in [5.74, 6) is -0.628. The first-order valence-corrected chi connectivity index (χ1v) is 10.1. The number of hydrogen-bond donors (Lipinski definition) is 1. The van der Waals surface area contributed by atoms with Gasteiger partial charge >= 0.3 is 0 Å². The molecule has 3 rings (SSSR count). The lowest BCUT2D eigenvalue weighted by Crippen LogP contribution is -2.35. The van der Waals surface area contributed by atoms with Crippen LogP contribution >= 0.6 is 22.9 Å². The predicted molar refractivity (Wildman–Crippen MR) is 114 cm³/mol. The normalized spacial score (nSPS) is 10.5. The van der Waals surface area contributed by atoms with E-state index in [9.17, 15) is 9.59 Å². The van der Waals surface area contributed by atoms with Crippen LogP contribution in [0, 0.1) is 0 Å². The van der Waals surface area contributed by atoms with Crippen LogP contribution in [-0.2, 0) is 11.2 Å². The summed E-state index contributed by atoms with van der Waals surface area (Å²) in [4.78, 5) is 30.6. The number of hydrogen-bond acceptors (Lipinski definition) is 4. The fraction of sp³-hybridized carbons (Fsp3) is 0.190. The molecule has 0 fully saturated rings. The lowest BCUT2D eigenvalue weighted by molar-refractivity contribution is -0.116. The summed E-state index contributed by atoms with van der Waals surface area (Å²) in [6.45, 7) is 2.01. The van der Waals surface area contributed by atoms with E-state index in [0.717, 1.165) is 17.0 Å². The molecule has 7 heteroatoms. The van der Waals surface area contributed by atoms with Crippen molar-refractivity contribution in [3.8, 4) is 10.6 Å². The second-order valence-corrected chi connectivity index (χ2v) is 7.54. The van der Waals surface area contributed by atoms with Crippen molar-refractivity contribution in [2.75, 3.05) is 18.9 Å². The maximum atomic E-state index is 12.6. The Balaban J connectivity index is 1.64. The molecule has 3 aromatic rings. The van der Waals surface area contributed by atoms with Gasteiger partial charge in [0.15, 0.2) is 0 Å². The highest BCUT2D eigenvalue weighted by atomic mass is 35.5. The minimum atomic E-state index is -0.324. The van der Waals surface area contributed by atoms with Crippen molar-refractivity contribution in [2.45, 2.75) is 13.3 Å². The van der Waals surface area contributed by atoms with Gasteiger partial charge in [0.05, 0.1) is 17.3 Å². The van der Waals surface area contributed by atoms with Gasteiger partial charge in [0.2, 0.25) is 5.91 Å². The monoisotopic (exact) mass is 413 g/mol. The smallest absolute Gasteiger partial charge is 0.273 e. The Morgan fingerprint density at radius 2 is 1.86 bits per heavy atom. The van der Waals surface area contributed by atoms with Gasteiger partial charge in [-0.25, -0.2) is 4.98 Å². The number of rotatable bonds is 6. The van der Waals surface area contributed by atoms with Gasteiger partial charge in [0, 0.05) is 18.0 Å². The van der Waals surface area contributed by atoms with E-state index in [-0.39, 0.29) is 18.4 Å². The van der Waals surface area contributed by atoms with Crippen molar-refractivity contribution >= 4 is 40.4 Å². The van der Waals surface area contributed by atoms with E-state index in [1.54, 1.807) is 36.7 Å². The molecule has 0 aliphatic heterocycles. The highest BCUT2D eigenvalue weighted by Crippen LogP contribution is 2.25. The highest BCUT2D eigenvalue weighted by Gasteiger charge is 2.19. The first-order chi connectivity index (χ1) is 13.5. The largest absolute Gasteiger partial charge is 0.331 e. The van der Waals surface area contributed by atoms with Gasteiger partial charge in [0.25, 0.3) is 5.91 Å². The second-order valence-electron chi connectivity index (χ2n) is 6.28. The van der Waals surface area contributed by atoms with Gasteiger partial charge in [-0.2, -0.15) is 0 Å². The molecule has 2 aromatic carbocycles. The standard InChI is InChI=1S/C21H20ClN3O2S/c1-3-14-8-10-15(11-9-14)20-24-18(13-28-20)21(27)25(2)12-19(26)23-17-7-5-4-6-16(17)22/h4-11,13H,3,12H2,1-2H3,(H,23,26). The number of halogens is 1. The number of anilines is 1. The van der Waals surface area contributed by atoms with Crippen LogP contribution in [0.5, 0.6) is 0 Å². The first kappa shape index (κ1) is 20.0. The van der Waals surface area contributed by atoms with Crippen molar-refractivity contribution in [3.63, 3.8) is 0 Å². The summed E-state index contributed by atoms with van der Waals surface area (Å²) in [7, 11) is 1.57. The topological polar surface area (TPSA) is 62.3 Å². The van der Waals surface area contributed by atoms with Gasteiger partial charge in [0.1, 0.15) is 10.7 Å². The van der Waals surface area contributed by atoms with Crippen LogP contribution in [0.15, 0.2) is 53.9 Å². The number of nitrogens with zero attached hydrogens (tertiary/aromatic N) is 2. The molecule has 2 amide bonds. The number of carbonyl (C=O) groups is 2. The molecular formula is C21H20ClN3O2S. The second kappa shape index (κ2) is 8.99. The Bertz CT molecular complexity index is 985. The lowest BCUT2D eigenvalue weighted by Gasteiger charge is -2.16. The lowest BCUT2D eigenvalue weighted by atomic mass is 10.1. The number of para-hydroxylation sites is 1. The fourth-order valence-electron chi connectivity index (χ4n) is 2.62. The molecule has 1 aromatic heterocycles. The van der Waals surface area contributed by atoms with Crippen LogP contribution in [0.1, 0.15) is 23.0 Å². The van der Waals surface area contributed by atoms with E-state index in [2.05, 4.69) is 29.4 Å². The van der Waals surface area contributed by atoms with E-state index >= 15 is 0 Å². The predicted octanol–water partition coefficient (Wildman–Crippen LogP) is 4.74. The minimum Gasteiger partial charge on any atom is -0.331 e. The van der Waals surface area contributed by atoms with E-state index in [1.165, 1.54) is 21.8 Å². The van der Waals surface area contributed by atoms with Crippen LogP contribution in [0.2, 0.25) is 5.02 Å². The van der Waals surface area contributed by atoms with E-state index in [4.69, 9.17) is 11.6 Å². The molecule has 0 saturated carbocycles. The van der Waals surface area contributed by atoms with Crippen LogP contribution in [0.3, 0.4) is 0 Å². The zero-order valence-electron chi connectivity index (χ0n) is 15.6. The third-order valence-electron chi connectivity index (χ3n) is 4.21. The quantitative estimate of drug-likeness (QED) is 0.635. The number of nitrogens with one attached hydrogen (secondary N) is 1. The maximum Gasteiger partial charge on any atom is 0.273 e. The van der Waals surface area contributed by atoms with Crippen LogP contribution in [0.25, 0.3) is 10.6 Å². The van der Waals surface area contributed by atoms with E-state index in [0.29, 0.717) is 16.4 Å². The summed E-state index contributed by atoms with van der Waals surface area (Å²) in [6.07, 6.45) is 0.975. The van der Waals surface area contributed by atoms with Crippen molar-refractivity contribution in [2.24, 2.45) is 0 Å². The number of amides is 2. The summed E-state index contributed by atoms with van der Waals surface area (Å²) in [6, 6.07) is 15.1. The Morgan fingerprint density at radius 3 is 2.54 bits per heavy atom. The van der Waals surface area contributed by atoms with Crippen molar-refractivity contribution in [1.82, 2.24) is 9.88 Å². The molecule has 0 atom stereocenters.